The maximum absolute atomic E-state index is 13.9. The third-order valence-corrected chi connectivity index (χ3v) is 4.92. The van der Waals surface area contributed by atoms with Crippen LogP contribution in [0.3, 0.4) is 0 Å². The van der Waals surface area contributed by atoms with Crippen molar-refractivity contribution in [2.75, 3.05) is 49.5 Å². The van der Waals surface area contributed by atoms with Gasteiger partial charge in [0.15, 0.2) is 0 Å². The number of carbonyl (C=O) groups is 2. The van der Waals surface area contributed by atoms with Crippen LogP contribution >= 0.6 is 0 Å². The van der Waals surface area contributed by atoms with Crippen LogP contribution in [0.2, 0.25) is 0 Å². The van der Waals surface area contributed by atoms with E-state index in [0.29, 0.717) is 43.0 Å². The number of benzene rings is 2. The van der Waals surface area contributed by atoms with Crippen LogP contribution in [0.25, 0.3) is 0 Å². The maximum atomic E-state index is 13.9. The Morgan fingerprint density at radius 1 is 1.03 bits per heavy atom. The molecule has 1 fully saturated rings. The van der Waals surface area contributed by atoms with Crippen molar-refractivity contribution in [1.82, 2.24) is 4.90 Å². The highest BCUT2D eigenvalue weighted by atomic mass is 19.1. The van der Waals surface area contributed by atoms with E-state index in [-0.39, 0.29) is 18.3 Å². The lowest BCUT2D eigenvalue weighted by Gasteiger charge is -2.36. The number of piperazine rings is 1. The van der Waals surface area contributed by atoms with Gasteiger partial charge in [-0.2, -0.15) is 0 Å². The Morgan fingerprint density at radius 2 is 1.72 bits per heavy atom. The molecule has 1 N–H and O–H groups in total. The molecule has 6 nitrogen and oxygen atoms in total. The molecule has 1 saturated heterocycles. The number of anilines is 2. The zero-order valence-corrected chi connectivity index (χ0v) is 16.6. The molecule has 1 aliphatic heterocycles. The van der Waals surface area contributed by atoms with E-state index in [4.69, 9.17) is 4.74 Å². The fraction of sp³-hybridized carbons (Fsp3) is 0.364. The summed E-state index contributed by atoms with van der Waals surface area (Å²) in [6.45, 7) is 5.59. The third kappa shape index (κ3) is 5.54. The summed E-state index contributed by atoms with van der Waals surface area (Å²) in [5.74, 6) is -0.813. The zero-order chi connectivity index (χ0) is 20.6. The first-order valence-corrected chi connectivity index (χ1v) is 9.86. The third-order valence-electron chi connectivity index (χ3n) is 4.92. The quantitative estimate of drug-likeness (QED) is 0.725. The van der Waals surface area contributed by atoms with E-state index < -0.39 is 5.97 Å². The largest absolute Gasteiger partial charge is 0.462 e. The van der Waals surface area contributed by atoms with E-state index in [2.05, 4.69) is 10.2 Å². The molecule has 7 heteroatoms. The number of nitrogens with one attached hydrogen (secondary N) is 1. The zero-order valence-electron chi connectivity index (χ0n) is 16.6. The number of halogens is 1. The first-order valence-electron chi connectivity index (χ1n) is 9.86. The molecule has 3 rings (SSSR count). The van der Waals surface area contributed by atoms with Crippen molar-refractivity contribution < 1.29 is 18.7 Å². The second kappa shape index (κ2) is 10.0. The molecule has 0 unspecified atom stereocenters. The van der Waals surface area contributed by atoms with Crippen molar-refractivity contribution in [2.24, 2.45) is 0 Å². The van der Waals surface area contributed by atoms with Crippen LogP contribution < -0.4 is 10.2 Å². The van der Waals surface area contributed by atoms with E-state index >= 15 is 0 Å². The van der Waals surface area contributed by atoms with Gasteiger partial charge in [-0.15, -0.1) is 0 Å². The van der Waals surface area contributed by atoms with Crippen LogP contribution in [0.5, 0.6) is 0 Å². The molecular weight excluding hydrogens is 373 g/mol. The lowest BCUT2D eigenvalue weighted by atomic mass is 10.1. The van der Waals surface area contributed by atoms with Gasteiger partial charge in [-0.05, 0) is 31.2 Å². The van der Waals surface area contributed by atoms with Crippen molar-refractivity contribution in [3.63, 3.8) is 0 Å². The van der Waals surface area contributed by atoms with Gasteiger partial charge in [-0.3, -0.25) is 9.69 Å². The summed E-state index contributed by atoms with van der Waals surface area (Å²) in [5.41, 5.74) is 1.43. The van der Waals surface area contributed by atoms with Crippen LogP contribution in [-0.2, 0) is 9.53 Å². The Labute approximate surface area is 170 Å². The van der Waals surface area contributed by atoms with E-state index in [1.807, 2.05) is 11.0 Å². The van der Waals surface area contributed by atoms with Crippen molar-refractivity contribution >= 4 is 23.3 Å². The van der Waals surface area contributed by atoms with Gasteiger partial charge in [0.2, 0.25) is 5.91 Å². The Hall–Kier alpha value is -2.93. The number of rotatable bonds is 7. The van der Waals surface area contributed by atoms with Gasteiger partial charge < -0.3 is 15.0 Å². The lowest BCUT2D eigenvalue weighted by molar-refractivity contribution is -0.116. The van der Waals surface area contributed by atoms with Gasteiger partial charge in [0.1, 0.15) is 5.82 Å². The predicted octanol–water partition coefficient (Wildman–Crippen LogP) is 3.15. The number of para-hydroxylation sites is 2. The Bertz CT molecular complexity index is 851. The highest BCUT2D eigenvalue weighted by Gasteiger charge is 2.20. The van der Waals surface area contributed by atoms with E-state index in [0.717, 1.165) is 13.1 Å². The van der Waals surface area contributed by atoms with E-state index in [1.165, 1.54) is 6.07 Å². The van der Waals surface area contributed by atoms with Gasteiger partial charge in [-0.1, -0.05) is 24.3 Å². The van der Waals surface area contributed by atoms with Gasteiger partial charge in [-0.25, -0.2) is 9.18 Å². The summed E-state index contributed by atoms with van der Waals surface area (Å²) < 4.78 is 19.0. The minimum Gasteiger partial charge on any atom is -0.462 e. The summed E-state index contributed by atoms with van der Waals surface area (Å²) in [4.78, 5) is 28.6. The Morgan fingerprint density at radius 3 is 2.45 bits per heavy atom. The molecule has 1 heterocycles. The minimum absolute atomic E-state index is 0.154. The summed E-state index contributed by atoms with van der Waals surface area (Å²) in [7, 11) is 0. The molecule has 1 amide bonds. The fourth-order valence-electron chi connectivity index (χ4n) is 3.37. The minimum atomic E-state index is -0.451. The number of ether oxygens (including phenoxy) is 1. The van der Waals surface area contributed by atoms with E-state index in [1.54, 1.807) is 43.3 Å². The highest BCUT2D eigenvalue weighted by Crippen LogP contribution is 2.20. The van der Waals surface area contributed by atoms with Crippen molar-refractivity contribution in [2.45, 2.75) is 13.3 Å². The molecule has 0 saturated carbocycles. The molecule has 154 valence electrons. The SMILES string of the molecule is CCOC(=O)c1ccccc1NC(=O)CCN1CCN(c2ccccc2F)CC1. The standard InChI is InChI=1S/C22H26FN3O3/c1-2-29-22(28)17-7-3-5-9-19(17)24-21(27)11-12-25-13-15-26(16-14-25)20-10-6-4-8-18(20)23/h3-10H,2,11-16H2,1H3,(H,24,27). The molecule has 0 aromatic heterocycles. The average molecular weight is 399 g/mol. The topological polar surface area (TPSA) is 61.9 Å². The van der Waals surface area contributed by atoms with Crippen LogP contribution in [-0.4, -0.2) is 56.1 Å². The number of carbonyl (C=O) groups excluding carboxylic acids is 2. The van der Waals surface area contributed by atoms with Crippen molar-refractivity contribution in [3.05, 3.63) is 59.9 Å². The second-order valence-electron chi connectivity index (χ2n) is 6.84. The number of hydrogen-bond donors (Lipinski definition) is 1. The number of hydrogen-bond acceptors (Lipinski definition) is 5. The maximum Gasteiger partial charge on any atom is 0.340 e. The van der Waals surface area contributed by atoms with Crippen molar-refractivity contribution in [3.8, 4) is 0 Å². The normalized spacial score (nSPS) is 14.5. The lowest BCUT2D eigenvalue weighted by Crippen LogP contribution is -2.47. The first kappa shape index (κ1) is 20.8. The summed E-state index contributed by atoms with van der Waals surface area (Å²) in [6, 6.07) is 13.6. The molecular formula is C22H26FN3O3. The average Bonchev–Trinajstić information content (AvgIpc) is 2.74. The van der Waals surface area contributed by atoms with E-state index in [9.17, 15) is 14.0 Å². The molecule has 29 heavy (non-hydrogen) atoms. The first-order chi connectivity index (χ1) is 14.1. The Balaban J connectivity index is 1.48. The summed E-state index contributed by atoms with van der Waals surface area (Å²) >= 11 is 0. The smallest absolute Gasteiger partial charge is 0.340 e. The van der Waals surface area contributed by atoms with Gasteiger partial charge in [0.25, 0.3) is 0 Å². The fourth-order valence-corrected chi connectivity index (χ4v) is 3.37. The number of amides is 1. The molecule has 0 aliphatic carbocycles. The number of esters is 1. The van der Waals surface area contributed by atoms with Crippen molar-refractivity contribution in [1.29, 1.82) is 0 Å². The monoisotopic (exact) mass is 399 g/mol. The van der Waals surface area contributed by atoms with Gasteiger partial charge in [0.05, 0.1) is 23.5 Å². The summed E-state index contributed by atoms with van der Waals surface area (Å²) in [5, 5.41) is 2.81. The molecule has 2 aromatic rings. The van der Waals surface area contributed by atoms with Gasteiger partial charge >= 0.3 is 5.97 Å². The van der Waals surface area contributed by atoms with Crippen LogP contribution in [0.1, 0.15) is 23.7 Å². The molecule has 2 aromatic carbocycles. The van der Waals surface area contributed by atoms with Crippen LogP contribution in [0.4, 0.5) is 15.8 Å². The van der Waals surface area contributed by atoms with Crippen LogP contribution in [0, 0.1) is 5.82 Å². The van der Waals surface area contributed by atoms with Gasteiger partial charge in [0, 0.05) is 39.1 Å². The number of nitrogens with zero attached hydrogens (tertiary/aromatic N) is 2. The molecule has 0 bridgehead atoms. The molecule has 0 atom stereocenters. The second-order valence-corrected chi connectivity index (χ2v) is 6.84. The summed E-state index contributed by atoms with van der Waals surface area (Å²) in [6.07, 6.45) is 0.316. The molecule has 0 spiro atoms. The van der Waals surface area contributed by atoms with Crippen LogP contribution in [0.15, 0.2) is 48.5 Å². The molecule has 1 aliphatic rings. The Kier molecular flexibility index (Phi) is 7.19. The highest BCUT2D eigenvalue weighted by molar-refractivity contribution is 6.01. The predicted molar refractivity (Wildman–Crippen MR) is 111 cm³/mol. The molecule has 0 radical (unpaired) electrons.